The highest BCUT2D eigenvalue weighted by molar-refractivity contribution is 7.13. The molecule has 0 amide bonds. The minimum absolute atomic E-state index is 0.160. The van der Waals surface area contributed by atoms with Crippen molar-refractivity contribution in [2.24, 2.45) is 0 Å². The highest BCUT2D eigenvalue weighted by atomic mass is 32.1. The molecular formula is C10H8N2O3S. The maximum Gasteiger partial charge on any atom is 0.308 e. The second kappa shape index (κ2) is 4.28. The summed E-state index contributed by atoms with van der Waals surface area (Å²) in [6.45, 7) is 0. The molecule has 0 saturated heterocycles. The normalized spacial score (nSPS) is 10.2. The van der Waals surface area contributed by atoms with Gasteiger partial charge in [0, 0.05) is 11.8 Å². The Morgan fingerprint density at radius 3 is 2.94 bits per heavy atom. The fraction of sp³-hybridized carbons (Fsp3) is 0.100. The first-order chi connectivity index (χ1) is 7.66. The van der Waals surface area contributed by atoms with Gasteiger partial charge in [0.25, 0.3) is 5.56 Å². The van der Waals surface area contributed by atoms with Gasteiger partial charge < -0.3 is 10.1 Å². The van der Waals surface area contributed by atoms with Crippen LogP contribution >= 0.6 is 11.3 Å². The Kier molecular flexibility index (Phi) is 2.82. The fourth-order valence-electron chi connectivity index (χ4n) is 1.25. The van der Waals surface area contributed by atoms with Crippen LogP contribution in [0.4, 0.5) is 0 Å². The summed E-state index contributed by atoms with van der Waals surface area (Å²) in [6.07, 6.45) is 0.995. The molecule has 5 nitrogen and oxygen atoms in total. The maximum absolute atomic E-state index is 11.5. The van der Waals surface area contributed by atoms with E-state index in [1.807, 2.05) is 17.5 Å². The van der Waals surface area contributed by atoms with E-state index in [-0.39, 0.29) is 12.0 Å². The molecule has 16 heavy (non-hydrogen) atoms. The molecule has 82 valence electrons. The van der Waals surface area contributed by atoms with Gasteiger partial charge in [-0.3, -0.25) is 9.59 Å². The third-order valence-corrected chi connectivity index (χ3v) is 2.85. The number of hydrogen-bond acceptors (Lipinski definition) is 4. The van der Waals surface area contributed by atoms with Crippen molar-refractivity contribution in [3.05, 3.63) is 39.6 Å². The fourth-order valence-corrected chi connectivity index (χ4v) is 1.92. The molecule has 0 aliphatic rings. The first-order valence-electron chi connectivity index (χ1n) is 4.50. The molecule has 0 bridgehead atoms. The molecule has 0 aliphatic carbocycles. The highest BCUT2D eigenvalue weighted by Crippen LogP contribution is 2.19. The van der Waals surface area contributed by atoms with Crippen LogP contribution in [-0.4, -0.2) is 21.0 Å². The average molecular weight is 236 g/mol. The van der Waals surface area contributed by atoms with E-state index in [4.69, 9.17) is 5.11 Å². The summed E-state index contributed by atoms with van der Waals surface area (Å²) in [5.74, 6) is -0.578. The standard InChI is InChI=1S/C10H8N2O3S/c13-8(14)4-6-5-11-9(12-10(6)15)7-2-1-3-16-7/h1-3,5H,4H2,(H,13,14)(H,11,12,15). The van der Waals surface area contributed by atoms with Crippen LogP contribution in [0.1, 0.15) is 5.56 Å². The number of thiophene rings is 1. The molecule has 2 N–H and O–H groups in total. The van der Waals surface area contributed by atoms with Gasteiger partial charge >= 0.3 is 5.97 Å². The molecule has 0 aromatic carbocycles. The molecule has 0 unspecified atom stereocenters. The van der Waals surface area contributed by atoms with Crippen LogP contribution in [0.15, 0.2) is 28.5 Å². The number of carbonyl (C=O) groups is 1. The van der Waals surface area contributed by atoms with E-state index < -0.39 is 11.5 Å². The van der Waals surface area contributed by atoms with Crippen LogP contribution in [0.5, 0.6) is 0 Å². The summed E-state index contributed by atoms with van der Waals surface area (Å²) in [6, 6.07) is 3.69. The summed E-state index contributed by atoms with van der Waals surface area (Å²) in [5, 5.41) is 10.4. The van der Waals surface area contributed by atoms with Crippen molar-refractivity contribution in [1.82, 2.24) is 9.97 Å². The summed E-state index contributed by atoms with van der Waals surface area (Å²) in [7, 11) is 0. The van der Waals surface area contributed by atoms with Crippen molar-refractivity contribution in [3.8, 4) is 10.7 Å². The molecule has 2 heterocycles. The second-order valence-corrected chi connectivity index (χ2v) is 4.08. The number of carboxylic acid groups (broad SMARTS) is 1. The number of H-pyrrole nitrogens is 1. The minimum Gasteiger partial charge on any atom is -0.481 e. The number of hydrogen-bond donors (Lipinski definition) is 2. The van der Waals surface area contributed by atoms with Crippen molar-refractivity contribution < 1.29 is 9.90 Å². The van der Waals surface area contributed by atoms with Gasteiger partial charge in [0.05, 0.1) is 11.3 Å². The van der Waals surface area contributed by atoms with Gasteiger partial charge in [-0.15, -0.1) is 11.3 Å². The molecule has 0 aliphatic heterocycles. The quantitative estimate of drug-likeness (QED) is 0.836. The lowest BCUT2D eigenvalue weighted by Crippen LogP contribution is -2.17. The Morgan fingerprint density at radius 2 is 2.38 bits per heavy atom. The molecule has 2 aromatic rings. The Morgan fingerprint density at radius 1 is 1.56 bits per heavy atom. The number of nitrogens with zero attached hydrogens (tertiary/aromatic N) is 1. The minimum atomic E-state index is -1.05. The Bertz CT molecular complexity index is 560. The lowest BCUT2D eigenvalue weighted by molar-refractivity contribution is -0.136. The number of aliphatic carboxylic acids is 1. The maximum atomic E-state index is 11.5. The van der Waals surface area contributed by atoms with E-state index in [1.54, 1.807) is 0 Å². The largest absolute Gasteiger partial charge is 0.481 e. The van der Waals surface area contributed by atoms with Crippen molar-refractivity contribution in [3.63, 3.8) is 0 Å². The molecule has 2 aromatic heterocycles. The van der Waals surface area contributed by atoms with Gasteiger partial charge in [-0.25, -0.2) is 4.98 Å². The van der Waals surface area contributed by atoms with Gasteiger partial charge in [0.2, 0.25) is 0 Å². The predicted octanol–water partition coefficient (Wildman–Crippen LogP) is 1.13. The second-order valence-electron chi connectivity index (χ2n) is 3.13. The van der Waals surface area contributed by atoms with Crippen molar-refractivity contribution >= 4 is 17.3 Å². The molecule has 0 atom stereocenters. The first-order valence-corrected chi connectivity index (χ1v) is 5.38. The Labute approximate surface area is 94.4 Å². The number of carboxylic acids is 1. The smallest absolute Gasteiger partial charge is 0.308 e. The average Bonchev–Trinajstić information content (AvgIpc) is 2.73. The summed E-state index contributed by atoms with van der Waals surface area (Å²) >= 11 is 1.46. The van der Waals surface area contributed by atoms with Crippen molar-refractivity contribution in [2.75, 3.05) is 0 Å². The Balaban J connectivity index is 2.37. The molecule has 2 rings (SSSR count). The van der Waals surface area contributed by atoms with E-state index >= 15 is 0 Å². The molecule has 0 radical (unpaired) electrons. The molecule has 6 heteroatoms. The highest BCUT2D eigenvalue weighted by Gasteiger charge is 2.08. The monoisotopic (exact) mass is 236 g/mol. The first kappa shape index (κ1) is 10.6. The number of aromatic amines is 1. The van der Waals surface area contributed by atoms with Crippen LogP contribution in [0.3, 0.4) is 0 Å². The third-order valence-electron chi connectivity index (χ3n) is 1.97. The zero-order valence-corrected chi connectivity index (χ0v) is 8.95. The number of aromatic nitrogens is 2. The van der Waals surface area contributed by atoms with E-state index in [9.17, 15) is 9.59 Å². The van der Waals surface area contributed by atoms with Gasteiger partial charge in [-0.1, -0.05) is 6.07 Å². The molecule has 0 spiro atoms. The molecular weight excluding hydrogens is 228 g/mol. The van der Waals surface area contributed by atoms with E-state index in [1.165, 1.54) is 17.5 Å². The van der Waals surface area contributed by atoms with Crippen LogP contribution < -0.4 is 5.56 Å². The van der Waals surface area contributed by atoms with E-state index in [0.29, 0.717) is 5.82 Å². The van der Waals surface area contributed by atoms with E-state index in [0.717, 1.165) is 4.88 Å². The summed E-state index contributed by atoms with van der Waals surface area (Å²) in [4.78, 5) is 29.4. The zero-order valence-electron chi connectivity index (χ0n) is 8.14. The predicted molar refractivity (Wildman–Crippen MR) is 59.5 cm³/mol. The van der Waals surface area contributed by atoms with Gasteiger partial charge in [-0.05, 0) is 11.4 Å². The van der Waals surface area contributed by atoms with Gasteiger partial charge in [0.1, 0.15) is 5.82 Å². The Hall–Kier alpha value is -1.95. The van der Waals surface area contributed by atoms with E-state index in [2.05, 4.69) is 9.97 Å². The van der Waals surface area contributed by atoms with Gasteiger partial charge in [-0.2, -0.15) is 0 Å². The van der Waals surface area contributed by atoms with Crippen LogP contribution in [0.2, 0.25) is 0 Å². The SMILES string of the molecule is O=C(O)Cc1cnc(-c2cccs2)[nH]c1=O. The van der Waals surface area contributed by atoms with Crippen molar-refractivity contribution in [2.45, 2.75) is 6.42 Å². The van der Waals surface area contributed by atoms with Crippen LogP contribution in [-0.2, 0) is 11.2 Å². The van der Waals surface area contributed by atoms with Crippen LogP contribution in [0.25, 0.3) is 10.7 Å². The summed E-state index contributed by atoms with van der Waals surface area (Å²) in [5.41, 5.74) is -0.242. The zero-order chi connectivity index (χ0) is 11.5. The molecule has 0 fully saturated rings. The number of rotatable bonds is 3. The van der Waals surface area contributed by atoms with Crippen molar-refractivity contribution in [1.29, 1.82) is 0 Å². The van der Waals surface area contributed by atoms with Gasteiger partial charge in [0.15, 0.2) is 0 Å². The summed E-state index contributed by atoms with van der Waals surface area (Å²) < 4.78 is 0. The molecule has 0 saturated carbocycles. The van der Waals surface area contributed by atoms with Crippen LogP contribution in [0, 0.1) is 0 Å². The lowest BCUT2D eigenvalue weighted by Gasteiger charge is -1.98. The number of nitrogens with one attached hydrogen (secondary N) is 1. The third kappa shape index (κ3) is 2.17. The topological polar surface area (TPSA) is 83.0 Å². The lowest BCUT2D eigenvalue weighted by atomic mass is 10.2.